The SMILES string of the molecule is CCOc1ccc(-n2c(=O)[nH]c3sc4c(c3c2=O)CCCCC4)cc1. The molecule has 0 saturated carbocycles. The van der Waals surface area contributed by atoms with Crippen molar-refractivity contribution < 1.29 is 4.74 Å². The van der Waals surface area contributed by atoms with Gasteiger partial charge in [0.1, 0.15) is 10.6 Å². The second-order valence-corrected chi connectivity index (χ2v) is 7.37. The highest BCUT2D eigenvalue weighted by Gasteiger charge is 2.20. The van der Waals surface area contributed by atoms with E-state index in [4.69, 9.17) is 4.74 Å². The van der Waals surface area contributed by atoms with Crippen molar-refractivity contribution in [2.75, 3.05) is 6.61 Å². The fraction of sp³-hybridized carbons (Fsp3) is 0.368. The van der Waals surface area contributed by atoms with Crippen molar-refractivity contribution >= 4 is 21.6 Å². The summed E-state index contributed by atoms with van der Waals surface area (Å²) in [7, 11) is 0. The highest BCUT2D eigenvalue weighted by molar-refractivity contribution is 7.18. The molecule has 0 atom stereocenters. The zero-order valence-electron chi connectivity index (χ0n) is 14.1. The number of nitrogens with zero attached hydrogens (tertiary/aromatic N) is 1. The van der Waals surface area contributed by atoms with Crippen LogP contribution in [0.1, 0.15) is 36.6 Å². The molecule has 25 heavy (non-hydrogen) atoms. The van der Waals surface area contributed by atoms with E-state index in [1.807, 2.05) is 6.92 Å². The Morgan fingerprint density at radius 3 is 2.64 bits per heavy atom. The van der Waals surface area contributed by atoms with Crippen LogP contribution in [-0.4, -0.2) is 16.2 Å². The van der Waals surface area contributed by atoms with E-state index in [1.54, 1.807) is 35.6 Å². The second kappa shape index (κ2) is 6.52. The Morgan fingerprint density at radius 2 is 1.88 bits per heavy atom. The molecule has 0 radical (unpaired) electrons. The van der Waals surface area contributed by atoms with E-state index < -0.39 is 5.69 Å². The van der Waals surface area contributed by atoms with E-state index in [-0.39, 0.29) is 5.56 Å². The number of rotatable bonds is 3. The predicted molar refractivity (Wildman–Crippen MR) is 100 cm³/mol. The molecule has 0 saturated heterocycles. The van der Waals surface area contributed by atoms with Gasteiger partial charge in [0.25, 0.3) is 5.56 Å². The first-order chi connectivity index (χ1) is 12.2. The Bertz CT molecular complexity index is 1030. The van der Waals surface area contributed by atoms with Crippen LogP contribution >= 0.6 is 11.3 Å². The zero-order chi connectivity index (χ0) is 17.4. The summed E-state index contributed by atoms with van der Waals surface area (Å²) in [6.45, 7) is 2.49. The molecule has 130 valence electrons. The molecule has 0 spiro atoms. The monoisotopic (exact) mass is 356 g/mol. The molecule has 5 nitrogen and oxygen atoms in total. The predicted octanol–water partition coefficient (Wildman–Crippen LogP) is 3.41. The number of nitrogens with one attached hydrogen (secondary N) is 1. The number of aromatic amines is 1. The van der Waals surface area contributed by atoms with E-state index in [1.165, 1.54) is 15.9 Å². The van der Waals surface area contributed by atoms with E-state index in [2.05, 4.69) is 4.98 Å². The lowest BCUT2D eigenvalue weighted by Crippen LogP contribution is -2.33. The van der Waals surface area contributed by atoms with Crippen LogP contribution < -0.4 is 16.0 Å². The largest absolute Gasteiger partial charge is 0.494 e. The van der Waals surface area contributed by atoms with Crippen molar-refractivity contribution in [3.63, 3.8) is 0 Å². The number of ether oxygens (including phenoxy) is 1. The van der Waals surface area contributed by atoms with Crippen molar-refractivity contribution in [3.05, 3.63) is 55.5 Å². The third kappa shape index (κ3) is 2.80. The fourth-order valence-electron chi connectivity index (χ4n) is 3.51. The summed E-state index contributed by atoms with van der Waals surface area (Å²) >= 11 is 1.57. The molecule has 2 aromatic heterocycles. The Balaban J connectivity index is 1.91. The third-order valence-corrected chi connectivity index (χ3v) is 5.87. The van der Waals surface area contributed by atoms with Gasteiger partial charge in [-0.2, -0.15) is 0 Å². The summed E-state index contributed by atoms with van der Waals surface area (Å²) < 4.78 is 6.66. The highest BCUT2D eigenvalue weighted by atomic mass is 32.1. The molecular formula is C19H20N2O3S. The van der Waals surface area contributed by atoms with Crippen LogP contribution in [0.2, 0.25) is 0 Å². The minimum absolute atomic E-state index is 0.220. The van der Waals surface area contributed by atoms with Crippen molar-refractivity contribution in [3.8, 4) is 11.4 Å². The summed E-state index contributed by atoms with van der Waals surface area (Å²) in [6.07, 6.45) is 5.36. The zero-order valence-corrected chi connectivity index (χ0v) is 14.9. The summed E-state index contributed by atoms with van der Waals surface area (Å²) in [5.74, 6) is 0.723. The van der Waals surface area contributed by atoms with Crippen molar-refractivity contribution in [2.45, 2.75) is 39.0 Å². The molecule has 1 aliphatic rings. The molecule has 1 aromatic carbocycles. The Labute approximate surface area is 148 Å². The average molecular weight is 356 g/mol. The molecule has 1 aliphatic carbocycles. The molecule has 0 amide bonds. The van der Waals surface area contributed by atoms with Crippen LogP contribution in [-0.2, 0) is 12.8 Å². The van der Waals surface area contributed by atoms with Crippen molar-refractivity contribution in [1.82, 2.24) is 9.55 Å². The molecule has 3 aromatic rings. The maximum Gasteiger partial charge on any atom is 0.334 e. The van der Waals surface area contributed by atoms with Gasteiger partial charge < -0.3 is 4.74 Å². The molecule has 0 fully saturated rings. The molecule has 0 aliphatic heterocycles. The summed E-state index contributed by atoms with van der Waals surface area (Å²) in [4.78, 5) is 30.5. The minimum atomic E-state index is -0.391. The van der Waals surface area contributed by atoms with Gasteiger partial charge in [0.05, 0.1) is 17.7 Å². The number of fused-ring (bicyclic) bond motifs is 3. The van der Waals surface area contributed by atoms with Gasteiger partial charge in [0.2, 0.25) is 0 Å². The first kappa shape index (κ1) is 16.1. The number of aryl methyl sites for hydroxylation is 2. The van der Waals surface area contributed by atoms with Crippen molar-refractivity contribution in [1.29, 1.82) is 0 Å². The fourth-order valence-corrected chi connectivity index (χ4v) is 4.78. The van der Waals surface area contributed by atoms with Gasteiger partial charge in [-0.05, 0) is 62.4 Å². The summed E-state index contributed by atoms with van der Waals surface area (Å²) in [5, 5.41) is 0.690. The second-order valence-electron chi connectivity index (χ2n) is 6.27. The van der Waals surface area contributed by atoms with Gasteiger partial charge in [0.15, 0.2) is 0 Å². The lowest BCUT2D eigenvalue weighted by Gasteiger charge is -2.07. The third-order valence-electron chi connectivity index (χ3n) is 4.67. The molecule has 0 unspecified atom stereocenters. The van der Waals surface area contributed by atoms with E-state index in [0.717, 1.165) is 37.0 Å². The molecule has 2 heterocycles. The number of hydrogen-bond donors (Lipinski definition) is 1. The quantitative estimate of drug-likeness (QED) is 0.732. The standard InChI is InChI=1S/C19H20N2O3S/c1-2-24-13-10-8-12(9-11-13)21-18(22)16-14-6-4-3-5-7-15(14)25-17(16)20-19(21)23/h8-11H,2-7H2,1H3,(H,20,23). The number of benzene rings is 1. The van der Waals surface area contributed by atoms with Gasteiger partial charge in [-0.15, -0.1) is 11.3 Å². The van der Waals surface area contributed by atoms with Crippen LogP contribution in [0, 0.1) is 0 Å². The summed E-state index contributed by atoms with van der Waals surface area (Å²) in [5.41, 5.74) is 1.09. The van der Waals surface area contributed by atoms with E-state index >= 15 is 0 Å². The first-order valence-corrected chi connectivity index (χ1v) is 9.53. The lowest BCUT2D eigenvalue weighted by atomic mass is 10.1. The Morgan fingerprint density at radius 1 is 1.12 bits per heavy atom. The molecule has 6 heteroatoms. The Kier molecular flexibility index (Phi) is 4.21. The Hall–Kier alpha value is -2.34. The smallest absolute Gasteiger partial charge is 0.334 e. The van der Waals surface area contributed by atoms with E-state index in [9.17, 15) is 9.59 Å². The van der Waals surface area contributed by atoms with Crippen LogP contribution in [0.25, 0.3) is 15.9 Å². The van der Waals surface area contributed by atoms with Crippen molar-refractivity contribution in [2.24, 2.45) is 0 Å². The highest BCUT2D eigenvalue weighted by Crippen LogP contribution is 2.32. The van der Waals surface area contributed by atoms with Crippen LogP contribution in [0.5, 0.6) is 5.75 Å². The number of aromatic nitrogens is 2. The number of H-pyrrole nitrogens is 1. The van der Waals surface area contributed by atoms with Crippen LogP contribution in [0.4, 0.5) is 0 Å². The maximum atomic E-state index is 13.1. The van der Waals surface area contributed by atoms with Gasteiger partial charge >= 0.3 is 5.69 Å². The van der Waals surface area contributed by atoms with Crippen LogP contribution in [0.15, 0.2) is 33.9 Å². The van der Waals surface area contributed by atoms with E-state index in [0.29, 0.717) is 22.5 Å². The molecule has 4 rings (SSSR count). The normalized spacial score (nSPS) is 14.3. The van der Waals surface area contributed by atoms with Gasteiger partial charge in [-0.3, -0.25) is 9.78 Å². The number of thiophene rings is 1. The summed E-state index contributed by atoms with van der Waals surface area (Å²) in [6, 6.07) is 7.06. The maximum absolute atomic E-state index is 13.1. The molecule has 0 bridgehead atoms. The molecule has 1 N–H and O–H groups in total. The first-order valence-electron chi connectivity index (χ1n) is 8.72. The van der Waals surface area contributed by atoms with Gasteiger partial charge in [-0.25, -0.2) is 9.36 Å². The minimum Gasteiger partial charge on any atom is -0.494 e. The van der Waals surface area contributed by atoms with Crippen LogP contribution in [0.3, 0.4) is 0 Å². The number of hydrogen-bond acceptors (Lipinski definition) is 4. The topological polar surface area (TPSA) is 64.1 Å². The average Bonchev–Trinajstić information content (AvgIpc) is 2.78. The van der Waals surface area contributed by atoms with Gasteiger partial charge in [-0.1, -0.05) is 6.42 Å². The molecular weight excluding hydrogens is 336 g/mol. The van der Waals surface area contributed by atoms with Gasteiger partial charge in [0, 0.05) is 4.88 Å². The lowest BCUT2D eigenvalue weighted by molar-refractivity contribution is 0.340.